The zero-order valence-electron chi connectivity index (χ0n) is 11.7. The third kappa shape index (κ3) is 5.83. The van der Waals surface area contributed by atoms with Crippen LogP contribution in [0, 0.1) is 0 Å². The summed E-state index contributed by atoms with van der Waals surface area (Å²) >= 11 is 11.9. The highest BCUT2D eigenvalue weighted by Crippen LogP contribution is 2.25. The Bertz CT molecular complexity index is 493. The van der Waals surface area contributed by atoms with E-state index < -0.39 is 6.10 Å². The van der Waals surface area contributed by atoms with Crippen molar-refractivity contribution in [3.05, 3.63) is 33.8 Å². The van der Waals surface area contributed by atoms with Gasteiger partial charge in [-0.25, -0.2) is 0 Å². The van der Waals surface area contributed by atoms with Gasteiger partial charge in [0.25, 0.3) is 0 Å². The van der Waals surface area contributed by atoms with Crippen LogP contribution >= 0.6 is 23.2 Å². The molecule has 1 aromatic carbocycles. The molecule has 1 aliphatic carbocycles. The van der Waals surface area contributed by atoms with Gasteiger partial charge in [0, 0.05) is 34.6 Å². The predicted octanol–water partition coefficient (Wildman–Crippen LogP) is 2.68. The quantitative estimate of drug-likeness (QED) is 0.642. The lowest BCUT2D eigenvalue weighted by atomic mass is 10.1. The van der Waals surface area contributed by atoms with Crippen LogP contribution in [0.5, 0.6) is 0 Å². The molecule has 0 aliphatic heterocycles. The van der Waals surface area contributed by atoms with E-state index >= 15 is 0 Å². The summed E-state index contributed by atoms with van der Waals surface area (Å²) in [5.74, 6) is 0.109. The summed E-state index contributed by atoms with van der Waals surface area (Å²) in [5.41, 5.74) is 0.614. The summed E-state index contributed by atoms with van der Waals surface area (Å²) < 4.78 is 0. The van der Waals surface area contributed by atoms with Crippen molar-refractivity contribution >= 4 is 29.1 Å². The number of aliphatic hydroxyl groups excluding tert-OH is 1. The molecular weight excluding hydrogens is 311 g/mol. The molecule has 2 rings (SSSR count). The maximum absolute atomic E-state index is 11.5. The summed E-state index contributed by atoms with van der Waals surface area (Å²) in [6.07, 6.45) is 2.76. The third-order valence-corrected chi connectivity index (χ3v) is 3.93. The van der Waals surface area contributed by atoms with Gasteiger partial charge in [-0.1, -0.05) is 23.2 Å². The number of hydrogen-bond acceptors (Lipinski definition) is 3. The Morgan fingerprint density at radius 1 is 1.38 bits per heavy atom. The van der Waals surface area contributed by atoms with Crippen molar-refractivity contribution in [1.82, 2.24) is 10.6 Å². The molecule has 0 heterocycles. The highest BCUT2D eigenvalue weighted by Gasteiger charge is 2.22. The summed E-state index contributed by atoms with van der Waals surface area (Å²) in [6.45, 7) is 1.05. The molecule has 0 aromatic heterocycles. The lowest BCUT2D eigenvalue weighted by Gasteiger charge is -2.14. The van der Waals surface area contributed by atoms with Crippen molar-refractivity contribution in [3.8, 4) is 0 Å². The van der Waals surface area contributed by atoms with E-state index in [1.807, 2.05) is 0 Å². The van der Waals surface area contributed by atoms with Crippen LogP contribution < -0.4 is 10.6 Å². The predicted molar refractivity (Wildman–Crippen MR) is 84.7 cm³/mol. The summed E-state index contributed by atoms with van der Waals surface area (Å²) in [4.78, 5) is 11.5. The molecule has 1 fully saturated rings. The Morgan fingerprint density at radius 2 is 2.14 bits per heavy atom. The van der Waals surface area contributed by atoms with Crippen LogP contribution in [0.15, 0.2) is 18.2 Å². The fraction of sp³-hybridized carbons (Fsp3) is 0.533. The monoisotopic (exact) mass is 330 g/mol. The Hall–Kier alpha value is -0.810. The molecule has 116 valence electrons. The SMILES string of the molecule is O=C(CCCNCC(O)c1cc(Cl)ccc1Cl)NC1CC1. The van der Waals surface area contributed by atoms with Crippen molar-refractivity contribution in [3.63, 3.8) is 0 Å². The van der Waals surface area contributed by atoms with Gasteiger partial charge in [0.1, 0.15) is 0 Å². The lowest BCUT2D eigenvalue weighted by molar-refractivity contribution is -0.121. The summed E-state index contributed by atoms with van der Waals surface area (Å²) in [5, 5.41) is 17.2. The maximum Gasteiger partial charge on any atom is 0.220 e. The maximum atomic E-state index is 11.5. The lowest BCUT2D eigenvalue weighted by Crippen LogP contribution is -2.27. The first-order chi connectivity index (χ1) is 10.1. The number of nitrogens with one attached hydrogen (secondary N) is 2. The molecule has 3 N–H and O–H groups in total. The minimum absolute atomic E-state index is 0.109. The van der Waals surface area contributed by atoms with E-state index in [4.69, 9.17) is 23.2 Å². The normalized spacial score (nSPS) is 15.8. The van der Waals surface area contributed by atoms with Gasteiger partial charge in [-0.05, 0) is 44.0 Å². The molecule has 1 atom stereocenters. The zero-order chi connectivity index (χ0) is 15.2. The van der Waals surface area contributed by atoms with Crippen LogP contribution in [0.25, 0.3) is 0 Å². The van der Waals surface area contributed by atoms with Crippen LogP contribution in [-0.4, -0.2) is 30.1 Å². The van der Waals surface area contributed by atoms with Crippen molar-refractivity contribution in [2.45, 2.75) is 37.8 Å². The van der Waals surface area contributed by atoms with Gasteiger partial charge in [-0.3, -0.25) is 4.79 Å². The minimum atomic E-state index is -0.712. The molecule has 21 heavy (non-hydrogen) atoms. The van der Waals surface area contributed by atoms with Crippen LogP contribution in [0.2, 0.25) is 10.0 Å². The first-order valence-corrected chi connectivity index (χ1v) is 7.95. The molecule has 1 amide bonds. The zero-order valence-corrected chi connectivity index (χ0v) is 13.3. The van der Waals surface area contributed by atoms with Gasteiger partial charge in [-0.2, -0.15) is 0 Å². The Labute approximate surface area is 134 Å². The largest absolute Gasteiger partial charge is 0.387 e. The van der Waals surface area contributed by atoms with Gasteiger partial charge in [0.15, 0.2) is 0 Å². The second-order valence-electron chi connectivity index (χ2n) is 5.33. The second kappa shape index (κ2) is 7.99. The molecule has 1 aliphatic rings. The molecule has 1 aromatic rings. The molecule has 1 saturated carbocycles. The number of hydrogen-bond donors (Lipinski definition) is 3. The highest BCUT2D eigenvalue weighted by atomic mass is 35.5. The number of aliphatic hydroxyl groups is 1. The number of halogens is 2. The molecule has 0 bridgehead atoms. The van der Waals surface area contributed by atoms with E-state index in [1.54, 1.807) is 18.2 Å². The Kier molecular flexibility index (Phi) is 6.30. The Morgan fingerprint density at radius 3 is 2.86 bits per heavy atom. The smallest absolute Gasteiger partial charge is 0.220 e. The fourth-order valence-electron chi connectivity index (χ4n) is 2.02. The van der Waals surface area contributed by atoms with Crippen molar-refractivity contribution in [2.24, 2.45) is 0 Å². The highest BCUT2D eigenvalue weighted by molar-refractivity contribution is 6.33. The van der Waals surface area contributed by atoms with E-state index in [2.05, 4.69) is 10.6 Å². The van der Waals surface area contributed by atoms with Crippen molar-refractivity contribution in [2.75, 3.05) is 13.1 Å². The number of carbonyl (C=O) groups is 1. The Balaban J connectivity index is 1.63. The van der Waals surface area contributed by atoms with Gasteiger partial charge in [0.2, 0.25) is 5.91 Å². The van der Waals surface area contributed by atoms with Crippen LogP contribution in [-0.2, 0) is 4.79 Å². The van der Waals surface area contributed by atoms with Gasteiger partial charge in [0.05, 0.1) is 6.10 Å². The van der Waals surface area contributed by atoms with Crippen molar-refractivity contribution < 1.29 is 9.90 Å². The average Bonchev–Trinajstić information content (AvgIpc) is 3.24. The second-order valence-corrected chi connectivity index (χ2v) is 6.17. The third-order valence-electron chi connectivity index (χ3n) is 3.35. The summed E-state index contributed by atoms with van der Waals surface area (Å²) in [7, 11) is 0. The molecule has 6 heteroatoms. The molecule has 1 unspecified atom stereocenters. The van der Waals surface area contributed by atoms with Crippen LogP contribution in [0.4, 0.5) is 0 Å². The van der Waals surface area contributed by atoms with Gasteiger partial charge < -0.3 is 15.7 Å². The molecule has 0 radical (unpaired) electrons. The first-order valence-electron chi connectivity index (χ1n) is 7.19. The van der Waals surface area contributed by atoms with Crippen LogP contribution in [0.1, 0.15) is 37.4 Å². The fourth-order valence-corrected chi connectivity index (χ4v) is 2.44. The molecule has 0 spiro atoms. The summed E-state index contributed by atoms with van der Waals surface area (Å²) in [6, 6.07) is 5.44. The topological polar surface area (TPSA) is 61.4 Å². The van der Waals surface area contributed by atoms with Gasteiger partial charge in [-0.15, -0.1) is 0 Å². The van der Waals surface area contributed by atoms with E-state index in [-0.39, 0.29) is 5.91 Å². The standard InChI is InChI=1S/C15H20Cl2N2O2/c16-10-3-6-13(17)12(8-10)14(20)9-18-7-1-2-15(21)19-11-4-5-11/h3,6,8,11,14,18,20H,1-2,4-5,7,9H2,(H,19,21). The molecule has 0 saturated heterocycles. The average molecular weight is 331 g/mol. The number of benzene rings is 1. The van der Waals surface area contributed by atoms with E-state index in [0.717, 1.165) is 19.3 Å². The van der Waals surface area contributed by atoms with Crippen molar-refractivity contribution in [1.29, 1.82) is 0 Å². The van der Waals surface area contributed by atoms with Crippen LogP contribution in [0.3, 0.4) is 0 Å². The molecule has 4 nitrogen and oxygen atoms in total. The van der Waals surface area contributed by atoms with E-state index in [1.165, 1.54) is 0 Å². The minimum Gasteiger partial charge on any atom is -0.387 e. The van der Waals surface area contributed by atoms with Gasteiger partial charge >= 0.3 is 0 Å². The molecular formula is C15H20Cl2N2O2. The number of rotatable bonds is 8. The number of amides is 1. The first kappa shape index (κ1) is 16.6. The number of carbonyl (C=O) groups excluding carboxylic acids is 1. The van der Waals surface area contributed by atoms with E-state index in [0.29, 0.717) is 41.2 Å². The van der Waals surface area contributed by atoms with E-state index in [9.17, 15) is 9.90 Å².